The molecule has 0 saturated heterocycles. The van der Waals surface area contributed by atoms with Crippen molar-refractivity contribution in [3.63, 3.8) is 0 Å². The summed E-state index contributed by atoms with van der Waals surface area (Å²) in [6.07, 6.45) is -0.685. The lowest BCUT2D eigenvalue weighted by atomic mass is 10.1. The fourth-order valence-electron chi connectivity index (χ4n) is 1.28. The van der Waals surface area contributed by atoms with Crippen LogP contribution in [0.4, 0.5) is 0 Å². The van der Waals surface area contributed by atoms with Gasteiger partial charge >= 0.3 is 11.9 Å². The maximum absolute atomic E-state index is 11.9. The molecule has 0 aliphatic rings. The van der Waals surface area contributed by atoms with Gasteiger partial charge in [-0.1, -0.05) is 15.9 Å². The van der Waals surface area contributed by atoms with Crippen molar-refractivity contribution in [1.29, 1.82) is 0 Å². The summed E-state index contributed by atoms with van der Waals surface area (Å²) in [6.45, 7) is 0. The Bertz CT molecular complexity index is 532. The molecule has 0 aliphatic heterocycles. The van der Waals surface area contributed by atoms with Gasteiger partial charge < -0.3 is 15.5 Å². The molecule has 0 heterocycles. The van der Waals surface area contributed by atoms with Crippen LogP contribution in [0.5, 0.6) is 0 Å². The molecule has 1 rings (SSSR count). The minimum absolute atomic E-state index is 0.222. The van der Waals surface area contributed by atoms with Crippen LogP contribution in [-0.4, -0.2) is 34.1 Å². The van der Waals surface area contributed by atoms with Gasteiger partial charge in [-0.2, -0.15) is 0 Å². The number of nitrogens with one attached hydrogen (secondary N) is 1. The highest BCUT2D eigenvalue weighted by molar-refractivity contribution is 9.11. The van der Waals surface area contributed by atoms with Crippen LogP contribution in [0.15, 0.2) is 27.1 Å². The summed E-state index contributed by atoms with van der Waals surface area (Å²) in [4.78, 5) is 33.2. The van der Waals surface area contributed by atoms with Crippen molar-refractivity contribution in [3.05, 3.63) is 32.7 Å². The Hall–Kier alpha value is -1.41. The van der Waals surface area contributed by atoms with Gasteiger partial charge in [-0.05, 0) is 34.1 Å². The molecular formula is C11H9Br2NO5. The maximum Gasteiger partial charge on any atom is 0.326 e. The normalized spacial score (nSPS) is 11.7. The fourth-order valence-corrected chi connectivity index (χ4v) is 2.51. The number of aliphatic carboxylic acids is 2. The van der Waals surface area contributed by atoms with Crippen molar-refractivity contribution in [2.45, 2.75) is 12.5 Å². The highest BCUT2D eigenvalue weighted by atomic mass is 79.9. The quantitative estimate of drug-likeness (QED) is 0.707. The first-order valence-electron chi connectivity index (χ1n) is 5.01. The lowest BCUT2D eigenvalue weighted by molar-refractivity contribution is -0.145. The highest BCUT2D eigenvalue weighted by Crippen LogP contribution is 2.22. The first kappa shape index (κ1) is 15.6. The van der Waals surface area contributed by atoms with E-state index in [9.17, 15) is 14.4 Å². The van der Waals surface area contributed by atoms with Crippen LogP contribution in [0.1, 0.15) is 16.8 Å². The molecule has 0 aromatic heterocycles. The number of halogens is 2. The molecular weight excluding hydrogens is 386 g/mol. The number of hydrogen-bond donors (Lipinski definition) is 3. The second-order valence-corrected chi connectivity index (χ2v) is 5.36. The smallest absolute Gasteiger partial charge is 0.326 e. The summed E-state index contributed by atoms with van der Waals surface area (Å²) in [5, 5.41) is 19.6. The van der Waals surface area contributed by atoms with E-state index in [1.807, 2.05) is 0 Å². The highest BCUT2D eigenvalue weighted by Gasteiger charge is 2.24. The van der Waals surface area contributed by atoms with Crippen LogP contribution in [0.2, 0.25) is 0 Å². The number of rotatable bonds is 5. The standard InChI is InChI=1S/C11H9Br2NO5/c12-5-1-2-6(7(13)3-5)10(17)14-8(11(18)19)4-9(15)16/h1-3,8H,4H2,(H,14,17)(H,15,16)(H,18,19). The summed E-state index contributed by atoms with van der Waals surface area (Å²) in [7, 11) is 0. The second kappa shape index (κ2) is 6.67. The second-order valence-electron chi connectivity index (χ2n) is 3.59. The van der Waals surface area contributed by atoms with Gasteiger partial charge in [0.05, 0.1) is 12.0 Å². The van der Waals surface area contributed by atoms with E-state index in [0.717, 1.165) is 4.47 Å². The Kier molecular flexibility index (Phi) is 5.49. The van der Waals surface area contributed by atoms with Crippen molar-refractivity contribution in [2.24, 2.45) is 0 Å². The average molecular weight is 395 g/mol. The van der Waals surface area contributed by atoms with Crippen molar-refractivity contribution in [3.8, 4) is 0 Å². The van der Waals surface area contributed by atoms with E-state index >= 15 is 0 Å². The van der Waals surface area contributed by atoms with Crippen LogP contribution in [0.25, 0.3) is 0 Å². The Morgan fingerprint density at radius 2 is 1.84 bits per heavy atom. The van der Waals surface area contributed by atoms with Crippen molar-refractivity contribution in [2.75, 3.05) is 0 Å². The number of carboxylic acid groups (broad SMARTS) is 2. The third-order valence-electron chi connectivity index (χ3n) is 2.16. The number of benzene rings is 1. The summed E-state index contributed by atoms with van der Waals surface area (Å²) in [6, 6.07) is 3.26. The molecule has 0 fully saturated rings. The van der Waals surface area contributed by atoms with Crippen LogP contribution in [-0.2, 0) is 9.59 Å². The Balaban J connectivity index is 2.87. The number of carbonyl (C=O) groups is 3. The van der Waals surface area contributed by atoms with E-state index < -0.39 is 30.3 Å². The zero-order chi connectivity index (χ0) is 14.6. The Labute approximate surface area is 125 Å². The number of carbonyl (C=O) groups excluding carboxylic acids is 1. The SMILES string of the molecule is O=C(O)CC(NC(=O)c1ccc(Br)cc1Br)C(=O)O. The predicted octanol–water partition coefficient (Wildman–Crippen LogP) is 1.87. The predicted molar refractivity (Wildman–Crippen MR) is 73.0 cm³/mol. The van der Waals surface area contributed by atoms with Crippen LogP contribution in [0, 0.1) is 0 Å². The van der Waals surface area contributed by atoms with E-state index in [1.165, 1.54) is 6.07 Å². The minimum atomic E-state index is -1.47. The number of carboxylic acids is 2. The number of amides is 1. The first-order chi connectivity index (χ1) is 8.81. The molecule has 3 N–H and O–H groups in total. The third kappa shape index (κ3) is 4.64. The van der Waals surface area contributed by atoms with Gasteiger partial charge in [-0.25, -0.2) is 4.79 Å². The zero-order valence-electron chi connectivity index (χ0n) is 9.39. The Morgan fingerprint density at radius 1 is 1.21 bits per heavy atom. The number of hydrogen-bond acceptors (Lipinski definition) is 3. The molecule has 0 bridgehead atoms. The summed E-state index contributed by atoms with van der Waals surface area (Å²) >= 11 is 6.39. The van der Waals surface area contributed by atoms with Gasteiger partial charge in [0, 0.05) is 8.95 Å². The van der Waals surface area contributed by atoms with Gasteiger partial charge in [-0.3, -0.25) is 9.59 Å². The molecule has 1 aromatic carbocycles. The fraction of sp³-hybridized carbons (Fsp3) is 0.182. The van der Waals surface area contributed by atoms with Crippen molar-refractivity contribution >= 4 is 49.7 Å². The first-order valence-corrected chi connectivity index (χ1v) is 6.60. The largest absolute Gasteiger partial charge is 0.481 e. The van der Waals surface area contributed by atoms with Crippen molar-refractivity contribution in [1.82, 2.24) is 5.32 Å². The third-order valence-corrected chi connectivity index (χ3v) is 3.31. The van der Waals surface area contributed by atoms with Crippen LogP contribution >= 0.6 is 31.9 Å². The summed E-state index contributed by atoms with van der Waals surface area (Å²) in [5.41, 5.74) is 0.222. The maximum atomic E-state index is 11.9. The van der Waals surface area contributed by atoms with Gasteiger partial charge in [0.15, 0.2) is 0 Å². The molecule has 6 nitrogen and oxygen atoms in total. The van der Waals surface area contributed by atoms with Crippen molar-refractivity contribution < 1.29 is 24.6 Å². The zero-order valence-corrected chi connectivity index (χ0v) is 12.6. The molecule has 1 aromatic rings. The lowest BCUT2D eigenvalue weighted by Gasteiger charge is -2.13. The van der Waals surface area contributed by atoms with E-state index in [4.69, 9.17) is 10.2 Å². The topological polar surface area (TPSA) is 104 Å². The summed E-state index contributed by atoms with van der Waals surface area (Å²) in [5.74, 6) is -3.36. The summed E-state index contributed by atoms with van der Waals surface area (Å²) < 4.78 is 1.22. The molecule has 0 radical (unpaired) electrons. The molecule has 0 spiro atoms. The van der Waals surface area contributed by atoms with Gasteiger partial charge in [0.1, 0.15) is 6.04 Å². The molecule has 0 saturated carbocycles. The van der Waals surface area contributed by atoms with Crippen LogP contribution in [0.3, 0.4) is 0 Å². The average Bonchev–Trinajstić information content (AvgIpc) is 2.26. The molecule has 8 heteroatoms. The van der Waals surface area contributed by atoms with E-state index in [2.05, 4.69) is 37.2 Å². The van der Waals surface area contributed by atoms with Gasteiger partial charge in [0.2, 0.25) is 0 Å². The molecule has 1 unspecified atom stereocenters. The Morgan fingerprint density at radius 3 is 2.32 bits per heavy atom. The minimum Gasteiger partial charge on any atom is -0.481 e. The lowest BCUT2D eigenvalue weighted by Crippen LogP contribution is -2.42. The van der Waals surface area contributed by atoms with E-state index in [-0.39, 0.29) is 5.56 Å². The van der Waals surface area contributed by atoms with Gasteiger partial charge in [0.25, 0.3) is 5.91 Å². The van der Waals surface area contributed by atoms with E-state index in [1.54, 1.807) is 12.1 Å². The molecule has 0 aliphatic carbocycles. The molecule has 102 valence electrons. The molecule has 1 atom stereocenters. The monoisotopic (exact) mass is 393 g/mol. The molecule has 19 heavy (non-hydrogen) atoms. The van der Waals surface area contributed by atoms with Crippen LogP contribution < -0.4 is 5.32 Å². The van der Waals surface area contributed by atoms with E-state index in [0.29, 0.717) is 4.47 Å². The molecule has 1 amide bonds. The van der Waals surface area contributed by atoms with Gasteiger partial charge in [-0.15, -0.1) is 0 Å².